The Kier molecular flexibility index (Phi) is 3.99. The zero-order valence-corrected chi connectivity index (χ0v) is 9.95. The Hall–Kier alpha value is -1.82. The Balaban J connectivity index is 2.33. The molecule has 0 aliphatic rings. The van der Waals surface area contributed by atoms with Gasteiger partial charge in [-0.05, 0) is 30.7 Å². The third-order valence-electron chi connectivity index (χ3n) is 2.52. The van der Waals surface area contributed by atoms with Crippen molar-refractivity contribution in [3.63, 3.8) is 0 Å². The van der Waals surface area contributed by atoms with Gasteiger partial charge in [-0.3, -0.25) is 5.10 Å². The number of aromatic amines is 1. The fourth-order valence-corrected chi connectivity index (χ4v) is 1.76. The van der Waals surface area contributed by atoms with Crippen molar-refractivity contribution in [2.45, 2.75) is 19.4 Å². The number of halogens is 2. The van der Waals surface area contributed by atoms with Crippen LogP contribution in [0.5, 0.6) is 0 Å². The Labute approximate surface area is 103 Å². The van der Waals surface area contributed by atoms with Gasteiger partial charge in [0.2, 0.25) is 0 Å². The molecule has 1 aromatic carbocycles. The summed E-state index contributed by atoms with van der Waals surface area (Å²) in [6, 6.07) is 3.04. The summed E-state index contributed by atoms with van der Waals surface area (Å²) in [5, 5.41) is 9.65. The van der Waals surface area contributed by atoms with E-state index in [1.165, 1.54) is 18.5 Å². The number of H-pyrrole nitrogens is 1. The molecule has 0 radical (unpaired) electrons. The highest BCUT2D eigenvalue weighted by Crippen LogP contribution is 2.20. The first kappa shape index (κ1) is 12.6. The summed E-state index contributed by atoms with van der Waals surface area (Å²) in [6.07, 6.45) is 2.27. The highest BCUT2D eigenvalue weighted by molar-refractivity contribution is 5.26. The fraction of sp³-hybridized carbons (Fsp3) is 0.333. The lowest BCUT2D eigenvalue weighted by atomic mass is 10.1. The van der Waals surface area contributed by atoms with Crippen molar-refractivity contribution in [2.24, 2.45) is 0 Å². The second kappa shape index (κ2) is 5.68. The van der Waals surface area contributed by atoms with Gasteiger partial charge in [0.25, 0.3) is 0 Å². The van der Waals surface area contributed by atoms with Crippen LogP contribution in [-0.2, 0) is 0 Å². The van der Waals surface area contributed by atoms with Gasteiger partial charge in [0.1, 0.15) is 23.8 Å². The third-order valence-corrected chi connectivity index (χ3v) is 2.52. The Bertz CT molecular complexity index is 479. The molecule has 6 heteroatoms. The summed E-state index contributed by atoms with van der Waals surface area (Å²) in [5.74, 6) is -0.672. The van der Waals surface area contributed by atoms with Gasteiger partial charge in [-0.1, -0.05) is 6.92 Å². The molecule has 0 bridgehead atoms. The Morgan fingerprint density at radius 3 is 2.56 bits per heavy atom. The van der Waals surface area contributed by atoms with Crippen molar-refractivity contribution < 1.29 is 8.78 Å². The van der Waals surface area contributed by atoms with Gasteiger partial charge in [-0.2, -0.15) is 5.10 Å². The minimum absolute atomic E-state index is 0.391. The molecule has 2 N–H and O–H groups in total. The summed E-state index contributed by atoms with van der Waals surface area (Å²) in [5.41, 5.74) is 0.484. The van der Waals surface area contributed by atoms with E-state index in [4.69, 9.17) is 0 Å². The van der Waals surface area contributed by atoms with Gasteiger partial charge in [-0.25, -0.2) is 13.8 Å². The lowest BCUT2D eigenvalue weighted by molar-refractivity contribution is 0.547. The van der Waals surface area contributed by atoms with E-state index < -0.39 is 17.7 Å². The smallest absolute Gasteiger partial charge is 0.145 e. The molecule has 96 valence electrons. The predicted octanol–water partition coefficient (Wildman–Crippen LogP) is 2.17. The lowest BCUT2D eigenvalue weighted by Crippen LogP contribution is -2.24. The molecule has 18 heavy (non-hydrogen) atoms. The molecule has 0 amide bonds. The molecule has 1 aromatic heterocycles. The van der Waals surface area contributed by atoms with Crippen molar-refractivity contribution in [1.82, 2.24) is 20.5 Å². The summed E-state index contributed by atoms with van der Waals surface area (Å²) in [7, 11) is 0. The minimum atomic E-state index is -0.604. The number of aromatic nitrogens is 3. The number of hydrogen-bond donors (Lipinski definition) is 2. The molecule has 0 fully saturated rings. The van der Waals surface area contributed by atoms with E-state index in [1.807, 2.05) is 6.92 Å². The second-order valence-electron chi connectivity index (χ2n) is 3.96. The first-order chi connectivity index (χ1) is 8.70. The molecule has 1 heterocycles. The number of hydrogen-bond acceptors (Lipinski definition) is 3. The Morgan fingerprint density at radius 2 is 2.00 bits per heavy atom. The van der Waals surface area contributed by atoms with Crippen LogP contribution in [0, 0.1) is 11.6 Å². The molecule has 4 nitrogen and oxygen atoms in total. The van der Waals surface area contributed by atoms with Crippen molar-refractivity contribution in [2.75, 3.05) is 6.54 Å². The summed E-state index contributed by atoms with van der Waals surface area (Å²) >= 11 is 0. The standard InChI is InChI=1S/C12H14F2N4/c1-2-3-15-11(12-16-7-17-18-12)8-4-9(13)6-10(14)5-8/h4-7,11,15H,2-3H2,1H3,(H,16,17,18). The van der Waals surface area contributed by atoms with Crippen LogP contribution in [0.1, 0.15) is 30.8 Å². The van der Waals surface area contributed by atoms with Gasteiger partial charge >= 0.3 is 0 Å². The maximum absolute atomic E-state index is 13.2. The number of nitrogens with zero attached hydrogens (tertiary/aromatic N) is 2. The normalized spacial score (nSPS) is 12.6. The first-order valence-corrected chi connectivity index (χ1v) is 5.75. The van der Waals surface area contributed by atoms with Gasteiger partial charge < -0.3 is 5.32 Å². The molecule has 2 rings (SSSR count). The number of benzene rings is 1. The summed E-state index contributed by atoms with van der Waals surface area (Å²) < 4.78 is 26.5. The average Bonchev–Trinajstić information content (AvgIpc) is 2.82. The minimum Gasteiger partial charge on any atom is -0.304 e. The van der Waals surface area contributed by atoms with Gasteiger partial charge in [0.15, 0.2) is 0 Å². The number of rotatable bonds is 5. The van der Waals surface area contributed by atoms with Crippen molar-refractivity contribution in [3.8, 4) is 0 Å². The molecule has 1 unspecified atom stereocenters. The largest absolute Gasteiger partial charge is 0.304 e. The summed E-state index contributed by atoms with van der Waals surface area (Å²) in [4.78, 5) is 4.03. The van der Waals surface area contributed by atoms with E-state index in [0.29, 0.717) is 17.9 Å². The maximum Gasteiger partial charge on any atom is 0.145 e. The van der Waals surface area contributed by atoms with E-state index in [2.05, 4.69) is 20.5 Å². The summed E-state index contributed by atoms with van der Waals surface area (Å²) in [6.45, 7) is 2.72. The van der Waals surface area contributed by atoms with Gasteiger partial charge in [0, 0.05) is 6.07 Å². The second-order valence-corrected chi connectivity index (χ2v) is 3.96. The monoisotopic (exact) mass is 252 g/mol. The molecule has 0 saturated carbocycles. The van der Waals surface area contributed by atoms with Crippen molar-refractivity contribution >= 4 is 0 Å². The zero-order valence-electron chi connectivity index (χ0n) is 9.95. The van der Waals surface area contributed by atoms with Crippen LogP contribution < -0.4 is 5.32 Å². The van der Waals surface area contributed by atoms with Crippen LogP contribution in [0.15, 0.2) is 24.5 Å². The van der Waals surface area contributed by atoms with Gasteiger partial charge in [-0.15, -0.1) is 0 Å². The molecule has 0 aliphatic carbocycles. The van der Waals surface area contributed by atoms with Crippen LogP contribution in [0.4, 0.5) is 8.78 Å². The molecule has 1 atom stereocenters. The molecule has 2 aromatic rings. The molecule has 0 spiro atoms. The lowest BCUT2D eigenvalue weighted by Gasteiger charge is -2.16. The molecule has 0 aliphatic heterocycles. The third kappa shape index (κ3) is 2.89. The highest BCUT2D eigenvalue weighted by atomic mass is 19.1. The first-order valence-electron chi connectivity index (χ1n) is 5.75. The van der Waals surface area contributed by atoms with E-state index in [1.54, 1.807) is 0 Å². The van der Waals surface area contributed by atoms with E-state index >= 15 is 0 Å². The SMILES string of the molecule is CCCNC(c1cc(F)cc(F)c1)c1ncn[nH]1. The van der Waals surface area contributed by atoms with Crippen LogP contribution in [0.2, 0.25) is 0 Å². The molecular weight excluding hydrogens is 238 g/mol. The predicted molar refractivity (Wildman–Crippen MR) is 62.9 cm³/mol. The van der Waals surface area contributed by atoms with E-state index in [0.717, 1.165) is 12.5 Å². The maximum atomic E-state index is 13.2. The quantitative estimate of drug-likeness (QED) is 0.857. The van der Waals surface area contributed by atoms with Crippen LogP contribution in [0.25, 0.3) is 0 Å². The van der Waals surface area contributed by atoms with Crippen LogP contribution in [-0.4, -0.2) is 21.7 Å². The topological polar surface area (TPSA) is 53.6 Å². The van der Waals surface area contributed by atoms with Crippen molar-refractivity contribution in [1.29, 1.82) is 0 Å². The molecular formula is C12H14F2N4. The van der Waals surface area contributed by atoms with Crippen LogP contribution in [0.3, 0.4) is 0 Å². The zero-order chi connectivity index (χ0) is 13.0. The average molecular weight is 252 g/mol. The highest BCUT2D eigenvalue weighted by Gasteiger charge is 2.17. The molecule has 0 saturated heterocycles. The van der Waals surface area contributed by atoms with Gasteiger partial charge in [0.05, 0.1) is 6.04 Å². The van der Waals surface area contributed by atoms with Crippen LogP contribution >= 0.6 is 0 Å². The fourth-order valence-electron chi connectivity index (χ4n) is 1.76. The van der Waals surface area contributed by atoms with Crippen molar-refractivity contribution in [3.05, 3.63) is 47.5 Å². The van der Waals surface area contributed by atoms with E-state index in [9.17, 15) is 8.78 Å². The number of nitrogens with one attached hydrogen (secondary N) is 2. The van der Waals surface area contributed by atoms with E-state index in [-0.39, 0.29) is 0 Å². The Morgan fingerprint density at radius 1 is 1.28 bits per heavy atom.